The number of carbonyl (C=O) groups is 2. The third-order valence-electron chi connectivity index (χ3n) is 8.02. The van der Waals surface area contributed by atoms with E-state index < -0.39 is 38.3 Å². The topological polar surface area (TPSA) is 72.8 Å². The third-order valence-corrected chi connectivity index (χ3v) is 12.5. The summed E-state index contributed by atoms with van der Waals surface area (Å²) in [6.07, 6.45) is 9.72. The van der Waals surface area contributed by atoms with Gasteiger partial charge in [0.1, 0.15) is 11.9 Å². The fourth-order valence-electron chi connectivity index (χ4n) is 4.57. The lowest BCUT2D eigenvalue weighted by Gasteiger charge is -2.39. The Hall–Kier alpha value is -2.42. The van der Waals surface area contributed by atoms with Crippen LogP contribution < -0.4 is 0 Å². The lowest BCUT2D eigenvalue weighted by Crippen LogP contribution is -2.45. The Kier molecular flexibility index (Phi) is 13.3. The van der Waals surface area contributed by atoms with Crippen molar-refractivity contribution in [2.75, 3.05) is 0 Å². The maximum atomic E-state index is 15.3. The molecule has 1 aromatic rings. The first-order valence-corrected chi connectivity index (χ1v) is 17.6. The summed E-state index contributed by atoms with van der Waals surface area (Å²) < 4.78 is 43.1. The Morgan fingerprint density at radius 2 is 1.83 bits per heavy atom. The molecule has 2 rings (SSSR count). The number of rotatable bonds is 16. The van der Waals surface area contributed by atoms with Gasteiger partial charge in [-0.3, -0.25) is 9.59 Å². The normalized spacial score (nSPS) is 21.5. The van der Waals surface area contributed by atoms with Gasteiger partial charge < -0.3 is 14.3 Å². The molecule has 1 unspecified atom stereocenters. The number of carboxylic acid groups (broad SMARTS) is 1. The first-order chi connectivity index (χ1) is 19.2. The second kappa shape index (κ2) is 15.7. The summed E-state index contributed by atoms with van der Waals surface area (Å²) in [5, 5.41) is 8.77. The molecule has 1 aromatic carbocycles. The maximum absolute atomic E-state index is 15.3. The predicted octanol–water partition coefficient (Wildman–Crippen LogP) is 8.53. The highest BCUT2D eigenvalue weighted by atomic mass is 28.4. The molecule has 0 heterocycles. The fraction of sp³-hybridized carbons (Fsp3) is 0.576. The van der Waals surface area contributed by atoms with E-state index in [1.54, 1.807) is 13.0 Å². The molecule has 1 fully saturated rings. The van der Waals surface area contributed by atoms with Crippen LogP contribution >= 0.6 is 0 Å². The number of unbranched alkanes of at least 4 members (excludes halogenated alkanes) is 1. The molecule has 0 saturated heterocycles. The summed E-state index contributed by atoms with van der Waals surface area (Å²) in [6, 6.07) is 9.20. The van der Waals surface area contributed by atoms with Crippen LogP contribution in [0.3, 0.4) is 0 Å². The number of ketones is 1. The zero-order chi connectivity index (χ0) is 30.7. The number of alkyl halides is 2. The van der Waals surface area contributed by atoms with E-state index in [1.165, 1.54) is 12.2 Å². The van der Waals surface area contributed by atoms with Crippen LogP contribution in [0.4, 0.5) is 8.78 Å². The minimum Gasteiger partial charge on any atom is -0.481 e. The molecular weight excluding hydrogens is 542 g/mol. The van der Waals surface area contributed by atoms with E-state index in [1.807, 2.05) is 42.5 Å². The lowest BCUT2D eigenvalue weighted by atomic mass is 9.90. The van der Waals surface area contributed by atoms with E-state index in [2.05, 4.69) is 33.9 Å². The average molecular weight is 591 g/mol. The van der Waals surface area contributed by atoms with Gasteiger partial charge in [-0.1, -0.05) is 88.4 Å². The highest BCUT2D eigenvalue weighted by Crippen LogP contribution is 2.43. The van der Waals surface area contributed by atoms with Crippen LogP contribution in [-0.2, 0) is 25.4 Å². The number of carbonyl (C=O) groups excluding carboxylic acids is 1. The van der Waals surface area contributed by atoms with E-state index in [0.717, 1.165) is 11.6 Å². The standard InChI is InChI=1S/C33H48F2O5Si/c1-7-8-22-33(34,35)30(39-24-25-16-12-11-13-17-25)21-20-27-26(18-14-9-10-15-19-31(37)38)28(36)23-29(27)40-41(5,6)32(2,3)4/h8-9,11-14,16-17,20-22,26-27,29-30H,7,10,15,18-19,23-24H2,1-6H3,(H,37,38)/b14-9?,21-20+,22-8+/t26-,27-,29-,30?/m1/s1. The predicted molar refractivity (Wildman–Crippen MR) is 162 cm³/mol. The highest BCUT2D eigenvalue weighted by Gasteiger charge is 2.47. The van der Waals surface area contributed by atoms with Gasteiger partial charge in [-0.2, -0.15) is 8.78 Å². The number of aliphatic carboxylic acids is 1. The third kappa shape index (κ3) is 11.1. The minimum atomic E-state index is -3.24. The molecule has 228 valence electrons. The maximum Gasteiger partial charge on any atom is 0.303 e. The first-order valence-electron chi connectivity index (χ1n) is 14.6. The molecule has 5 nitrogen and oxygen atoms in total. The molecule has 0 bridgehead atoms. The van der Waals surface area contributed by atoms with Crippen molar-refractivity contribution < 1.29 is 32.6 Å². The quantitative estimate of drug-likeness (QED) is 0.119. The van der Waals surface area contributed by atoms with Crippen molar-refractivity contribution in [1.29, 1.82) is 0 Å². The Balaban J connectivity index is 2.35. The van der Waals surface area contributed by atoms with Gasteiger partial charge >= 0.3 is 5.97 Å². The molecule has 1 aliphatic rings. The number of allylic oxidation sites excluding steroid dienone is 3. The minimum absolute atomic E-state index is 0.0292. The molecule has 1 saturated carbocycles. The van der Waals surface area contributed by atoms with Crippen molar-refractivity contribution in [3.63, 3.8) is 0 Å². The Morgan fingerprint density at radius 1 is 1.15 bits per heavy atom. The Morgan fingerprint density at radius 3 is 2.44 bits per heavy atom. The van der Waals surface area contributed by atoms with E-state index in [4.69, 9.17) is 14.3 Å². The van der Waals surface area contributed by atoms with Crippen molar-refractivity contribution in [3.05, 3.63) is 72.4 Å². The van der Waals surface area contributed by atoms with Crippen molar-refractivity contribution in [3.8, 4) is 0 Å². The Labute approximate surface area is 245 Å². The summed E-state index contributed by atoms with van der Waals surface area (Å²) in [4.78, 5) is 24.0. The molecule has 1 N–H and O–H groups in total. The average Bonchev–Trinajstić information content (AvgIpc) is 3.17. The number of hydrogen-bond donors (Lipinski definition) is 1. The van der Waals surface area contributed by atoms with E-state index >= 15 is 8.78 Å². The van der Waals surface area contributed by atoms with Gasteiger partial charge in [0.15, 0.2) is 8.32 Å². The molecular formula is C33H48F2O5Si. The number of carboxylic acids is 1. The van der Waals surface area contributed by atoms with Crippen LogP contribution in [-0.4, -0.2) is 43.3 Å². The highest BCUT2D eigenvalue weighted by molar-refractivity contribution is 6.74. The lowest BCUT2D eigenvalue weighted by molar-refractivity contribution is -0.137. The molecule has 0 aliphatic heterocycles. The van der Waals surface area contributed by atoms with E-state index in [0.29, 0.717) is 25.7 Å². The molecule has 41 heavy (non-hydrogen) atoms. The van der Waals surface area contributed by atoms with E-state index in [-0.39, 0.29) is 36.2 Å². The van der Waals surface area contributed by atoms with Crippen molar-refractivity contribution >= 4 is 20.1 Å². The van der Waals surface area contributed by atoms with Crippen LogP contribution in [0.1, 0.15) is 71.8 Å². The zero-order valence-corrected chi connectivity index (χ0v) is 26.4. The van der Waals surface area contributed by atoms with Gasteiger partial charge in [0.25, 0.3) is 5.92 Å². The number of Topliss-reactive ketones (excluding diaryl/α,β-unsaturated/α-hetero) is 1. The zero-order valence-electron chi connectivity index (χ0n) is 25.4. The van der Waals surface area contributed by atoms with Crippen molar-refractivity contribution in [1.82, 2.24) is 0 Å². The number of halogens is 2. The van der Waals surface area contributed by atoms with E-state index in [9.17, 15) is 9.59 Å². The largest absolute Gasteiger partial charge is 0.481 e. The second-order valence-corrected chi connectivity index (χ2v) is 17.1. The number of ether oxygens (including phenoxy) is 1. The molecule has 0 radical (unpaired) electrons. The van der Waals surface area contributed by atoms with Crippen LogP contribution in [0.25, 0.3) is 0 Å². The summed E-state index contributed by atoms with van der Waals surface area (Å²) in [6.45, 7) is 12.5. The smallest absolute Gasteiger partial charge is 0.303 e. The van der Waals surface area contributed by atoms with Gasteiger partial charge in [0, 0.05) is 24.7 Å². The van der Waals surface area contributed by atoms with Crippen LogP contribution in [0.2, 0.25) is 18.1 Å². The van der Waals surface area contributed by atoms with Gasteiger partial charge in [0.05, 0.1) is 12.7 Å². The van der Waals surface area contributed by atoms with Crippen LogP contribution in [0.15, 0.2) is 66.8 Å². The molecule has 1 aliphatic carbocycles. The number of benzene rings is 1. The van der Waals surface area contributed by atoms with Gasteiger partial charge in [-0.15, -0.1) is 0 Å². The van der Waals surface area contributed by atoms with Gasteiger partial charge in [-0.05, 0) is 55.5 Å². The summed E-state index contributed by atoms with van der Waals surface area (Å²) in [7, 11) is -2.25. The van der Waals surface area contributed by atoms with Crippen molar-refractivity contribution in [2.45, 2.75) is 109 Å². The summed E-state index contributed by atoms with van der Waals surface area (Å²) >= 11 is 0. The van der Waals surface area contributed by atoms with Crippen LogP contribution in [0.5, 0.6) is 0 Å². The van der Waals surface area contributed by atoms with Crippen molar-refractivity contribution in [2.24, 2.45) is 11.8 Å². The molecule has 8 heteroatoms. The first kappa shape index (κ1) is 34.8. The summed E-state index contributed by atoms with van der Waals surface area (Å²) in [5.41, 5.74) is 0.794. The van der Waals surface area contributed by atoms with Gasteiger partial charge in [-0.25, -0.2) is 0 Å². The molecule has 0 aromatic heterocycles. The summed E-state index contributed by atoms with van der Waals surface area (Å²) in [5.74, 6) is -4.81. The monoisotopic (exact) mass is 590 g/mol. The molecule has 0 spiro atoms. The van der Waals surface area contributed by atoms with Gasteiger partial charge in [0.2, 0.25) is 0 Å². The fourth-order valence-corrected chi connectivity index (χ4v) is 5.92. The molecule has 4 atom stereocenters. The second-order valence-electron chi connectivity index (χ2n) is 12.4. The SMILES string of the molecule is CC/C=C/C(F)(F)C(/C=C/[C@H]1[C@H](O[Si](C)(C)C(C)(C)C)CC(=O)[C@@H]1CC=CCCCC(=O)O)OCc1ccccc1. The Bertz CT molecular complexity index is 1060. The van der Waals surface area contributed by atoms with Crippen LogP contribution in [0, 0.1) is 11.8 Å². The molecule has 0 amide bonds. The number of hydrogen-bond acceptors (Lipinski definition) is 4.